The van der Waals surface area contributed by atoms with E-state index >= 15 is 4.39 Å². The molecule has 0 bridgehead atoms. The third kappa shape index (κ3) is 4.28. The molecule has 0 spiro atoms. The fraction of sp³-hybridized carbons (Fsp3) is 0.300. The van der Waals surface area contributed by atoms with Gasteiger partial charge in [0.25, 0.3) is 5.91 Å². The summed E-state index contributed by atoms with van der Waals surface area (Å²) in [7, 11) is 1.70. The topological polar surface area (TPSA) is 85.0 Å². The molecule has 0 aliphatic rings. The van der Waals surface area contributed by atoms with Gasteiger partial charge in [-0.25, -0.2) is 13.8 Å². The van der Waals surface area contributed by atoms with E-state index in [0.717, 1.165) is 5.56 Å². The lowest BCUT2D eigenvalue weighted by Crippen LogP contribution is -2.29. The zero-order valence-electron chi connectivity index (χ0n) is 16.4. The number of nitrogens with one attached hydrogen (secondary N) is 2. The zero-order chi connectivity index (χ0) is 20.8. The lowest BCUT2D eigenvalue weighted by molar-refractivity contribution is 0.0955. The molecule has 28 heavy (non-hydrogen) atoms. The second-order valence-corrected chi connectivity index (χ2v) is 5.99. The van der Waals surface area contributed by atoms with Crippen LogP contribution in [0.5, 0.6) is 0 Å². The summed E-state index contributed by atoms with van der Waals surface area (Å²) in [6.45, 7) is 6.23. The second-order valence-electron chi connectivity index (χ2n) is 5.99. The standard InChI is InChI=1S/C18H19F2N5O.C2H6/c1-10-3-4-13(12(19)7-10)24-16-11(18(26)22-6-5-21)8-14-17(15(16)20)23-9-25(14)2;1-2/h3-4,7-9,24H,5-6,21H2,1-2H3,(H,22,26);1-2H3. The number of benzene rings is 2. The van der Waals surface area contributed by atoms with E-state index in [4.69, 9.17) is 5.73 Å². The fourth-order valence-electron chi connectivity index (χ4n) is 2.66. The minimum atomic E-state index is -0.721. The zero-order valence-corrected chi connectivity index (χ0v) is 16.4. The average Bonchev–Trinajstić information content (AvgIpc) is 3.06. The molecule has 0 radical (unpaired) electrons. The third-order valence-corrected chi connectivity index (χ3v) is 4.02. The first kappa shape index (κ1) is 21.3. The van der Waals surface area contributed by atoms with Gasteiger partial charge in [-0.15, -0.1) is 0 Å². The van der Waals surface area contributed by atoms with Crippen molar-refractivity contribution in [1.82, 2.24) is 14.9 Å². The van der Waals surface area contributed by atoms with Crippen LogP contribution in [0.25, 0.3) is 11.0 Å². The molecule has 0 saturated heterocycles. The summed E-state index contributed by atoms with van der Waals surface area (Å²) >= 11 is 0. The van der Waals surface area contributed by atoms with Crippen LogP contribution >= 0.6 is 0 Å². The molecule has 3 aromatic rings. The van der Waals surface area contributed by atoms with E-state index in [9.17, 15) is 9.18 Å². The molecule has 0 unspecified atom stereocenters. The summed E-state index contributed by atoms with van der Waals surface area (Å²) in [5.41, 5.74) is 6.68. The average molecular weight is 389 g/mol. The first-order chi connectivity index (χ1) is 13.4. The molecule has 0 saturated carbocycles. The number of imidazole rings is 1. The van der Waals surface area contributed by atoms with Crippen LogP contribution in [-0.4, -0.2) is 28.5 Å². The Balaban J connectivity index is 0.00000136. The van der Waals surface area contributed by atoms with E-state index in [0.29, 0.717) is 5.52 Å². The number of fused-ring (bicyclic) bond motifs is 1. The van der Waals surface area contributed by atoms with Gasteiger partial charge in [-0.2, -0.15) is 0 Å². The van der Waals surface area contributed by atoms with Crippen LogP contribution in [0.15, 0.2) is 30.6 Å². The Bertz CT molecular complexity index is 984. The maximum Gasteiger partial charge on any atom is 0.253 e. The smallest absolute Gasteiger partial charge is 0.253 e. The van der Waals surface area contributed by atoms with Crippen molar-refractivity contribution in [2.45, 2.75) is 20.8 Å². The van der Waals surface area contributed by atoms with Gasteiger partial charge in [-0.1, -0.05) is 19.9 Å². The number of aryl methyl sites for hydroxylation is 2. The van der Waals surface area contributed by atoms with Crippen LogP contribution < -0.4 is 16.4 Å². The number of nitrogens with two attached hydrogens (primary N) is 1. The summed E-state index contributed by atoms with van der Waals surface area (Å²) in [5, 5.41) is 5.31. The highest BCUT2D eigenvalue weighted by molar-refractivity contribution is 6.04. The van der Waals surface area contributed by atoms with E-state index in [2.05, 4.69) is 15.6 Å². The SMILES string of the molecule is CC.Cc1ccc(Nc2c(C(=O)NCCN)cc3c(ncn3C)c2F)c(F)c1. The van der Waals surface area contributed by atoms with Gasteiger partial charge in [0.1, 0.15) is 11.3 Å². The highest BCUT2D eigenvalue weighted by atomic mass is 19.1. The highest BCUT2D eigenvalue weighted by Gasteiger charge is 2.22. The molecule has 0 fully saturated rings. The minimum absolute atomic E-state index is 0.0482. The Hall–Kier alpha value is -3.00. The number of rotatable bonds is 5. The van der Waals surface area contributed by atoms with Crippen LogP contribution in [-0.2, 0) is 7.05 Å². The highest BCUT2D eigenvalue weighted by Crippen LogP contribution is 2.31. The molecule has 0 aliphatic carbocycles. The van der Waals surface area contributed by atoms with E-state index in [1.165, 1.54) is 24.5 Å². The van der Waals surface area contributed by atoms with Crippen molar-refractivity contribution < 1.29 is 13.6 Å². The second kappa shape index (κ2) is 9.27. The Labute approximate surface area is 162 Å². The minimum Gasteiger partial charge on any atom is -0.351 e. The van der Waals surface area contributed by atoms with Crippen LogP contribution in [0, 0.1) is 18.6 Å². The number of aromatic nitrogens is 2. The van der Waals surface area contributed by atoms with Crippen molar-refractivity contribution in [2.75, 3.05) is 18.4 Å². The van der Waals surface area contributed by atoms with Crippen molar-refractivity contribution in [2.24, 2.45) is 12.8 Å². The van der Waals surface area contributed by atoms with Crippen LogP contribution in [0.2, 0.25) is 0 Å². The van der Waals surface area contributed by atoms with Crippen molar-refractivity contribution >= 4 is 28.3 Å². The van der Waals surface area contributed by atoms with Crippen molar-refractivity contribution in [1.29, 1.82) is 0 Å². The quantitative estimate of drug-likeness (QED) is 0.622. The lowest BCUT2D eigenvalue weighted by Gasteiger charge is -2.15. The maximum atomic E-state index is 15.1. The summed E-state index contributed by atoms with van der Waals surface area (Å²) in [6.07, 6.45) is 1.45. The van der Waals surface area contributed by atoms with Gasteiger partial charge < -0.3 is 20.9 Å². The molecule has 4 N–H and O–H groups in total. The Morgan fingerprint density at radius 2 is 1.96 bits per heavy atom. The number of amides is 1. The van der Waals surface area contributed by atoms with E-state index < -0.39 is 17.5 Å². The molecule has 0 atom stereocenters. The van der Waals surface area contributed by atoms with Gasteiger partial charge in [0.15, 0.2) is 5.82 Å². The number of hydrogen-bond donors (Lipinski definition) is 3. The number of carbonyl (C=O) groups is 1. The molecule has 0 aliphatic heterocycles. The number of anilines is 2. The molecule has 150 valence electrons. The molecule has 8 heteroatoms. The number of halogens is 2. The summed E-state index contributed by atoms with van der Waals surface area (Å²) in [4.78, 5) is 16.5. The van der Waals surface area contributed by atoms with Crippen molar-refractivity contribution in [3.05, 3.63) is 53.4 Å². The predicted octanol–water partition coefficient (Wildman–Crippen LogP) is 3.62. The fourth-order valence-corrected chi connectivity index (χ4v) is 2.66. The normalized spacial score (nSPS) is 10.4. The van der Waals surface area contributed by atoms with E-state index in [-0.39, 0.29) is 35.5 Å². The molecule has 1 heterocycles. The summed E-state index contributed by atoms with van der Waals surface area (Å²) in [6, 6.07) is 6.03. The number of nitrogens with zero attached hydrogens (tertiary/aromatic N) is 2. The van der Waals surface area contributed by atoms with Gasteiger partial charge in [0.05, 0.1) is 28.8 Å². The molecular formula is C20H25F2N5O. The Morgan fingerprint density at radius 3 is 2.61 bits per heavy atom. The van der Waals surface area contributed by atoms with Gasteiger partial charge in [0, 0.05) is 20.1 Å². The van der Waals surface area contributed by atoms with E-state index in [1.54, 1.807) is 24.6 Å². The van der Waals surface area contributed by atoms with Crippen LogP contribution in [0.1, 0.15) is 29.8 Å². The molecule has 1 aromatic heterocycles. The van der Waals surface area contributed by atoms with Crippen LogP contribution in [0.3, 0.4) is 0 Å². The van der Waals surface area contributed by atoms with Gasteiger partial charge in [-0.05, 0) is 30.7 Å². The molecule has 3 rings (SSSR count). The first-order valence-corrected chi connectivity index (χ1v) is 9.07. The molecular weight excluding hydrogens is 364 g/mol. The maximum absolute atomic E-state index is 15.1. The molecule has 2 aromatic carbocycles. The predicted molar refractivity (Wildman–Crippen MR) is 108 cm³/mol. The summed E-state index contributed by atoms with van der Waals surface area (Å²) < 4.78 is 30.9. The Morgan fingerprint density at radius 1 is 1.25 bits per heavy atom. The van der Waals surface area contributed by atoms with Crippen LogP contribution in [0.4, 0.5) is 20.2 Å². The lowest BCUT2D eigenvalue weighted by atomic mass is 10.1. The largest absolute Gasteiger partial charge is 0.351 e. The monoisotopic (exact) mass is 389 g/mol. The number of hydrogen-bond acceptors (Lipinski definition) is 4. The van der Waals surface area contributed by atoms with E-state index in [1.807, 2.05) is 13.8 Å². The third-order valence-electron chi connectivity index (χ3n) is 4.02. The molecule has 6 nitrogen and oxygen atoms in total. The van der Waals surface area contributed by atoms with Crippen molar-refractivity contribution in [3.8, 4) is 0 Å². The number of carbonyl (C=O) groups excluding carboxylic acids is 1. The van der Waals surface area contributed by atoms with Gasteiger partial charge >= 0.3 is 0 Å². The first-order valence-electron chi connectivity index (χ1n) is 9.07. The van der Waals surface area contributed by atoms with Gasteiger partial charge in [0.2, 0.25) is 0 Å². The van der Waals surface area contributed by atoms with Gasteiger partial charge in [-0.3, -0.25) is 4.79 Å². The Kier molecular flexibility index (Phi) is 7.06. The van der Waals surface area contributed by atoms with Crippen molar-refractivity contribution in [3.63, 3.8) is 0 Å². The molecule has 1 amide bonds. The summed E-state index contributed by atoms with van der Waals surface area (Å²) in [5.74, 6) is -1.77.